The quantitative estimate of drug-likeness (QED) is 0.753. The van der Waals surface area contributed by atoms with Gasteiger partial charge in [-0.1, -0.05) is 42.5 Å². The lowest BCUT2D eigenvalue weighted by Crippen LogP contribution is -2.43. The molecule has 0 heterocycles. The van der Waals surface area contributed by atoms with Gasteiger partial charge in [-0.25, -0.2) is 0 Å². The maximum atomic E-state index is 12.3. The summed E-state index contributed by atoms with van der Waals surface area (Å²) in [6.07, 6.45) is -0.868. The third kappa shape index (κ3) is 4.91. The average Bonchev–Trinajstić information content (AvgIpc) is 2.60. The fraction of sp³-hybridized carbons (Fsp3) is 0.211. The first-order valence-electron chi connectivity index (χ1n) is 7.80. The zero-order valence-corrected chi connectivity index (χ0v) is 14.1. The maximum absolute atomic E-state index is 12.3. The number of rotatable bonds is 7. The van der Waals surface area contributed by atoms with E-state index < -0.39 is 24.0 Å². The molecule has 6 heteroatoms. The number of benzene rings is 2. The molecule has 2 aromatic rings. The Labute approximate surface area is 146 Å². The Morgan fingerprint density at radius 3 is 2.32 bits per heavy atom. The van der Waals surface area contributed by atoms with Gasteiger partial charge in [-0.2, -0.15) is 0 Å². The second-order valence-corrected chi connectivity index (χ2v) is 5.60. The van der Waals surface area contributed by atoms with Crippen LogP contribution in [0.1, 0.15) is 35.8 Å². The van der Waals surface area contributed by atoms with Gasteiger partial charge in [0, 0.05) is 5.56 Å². The van der Waals surface area contributed by atoms with E-state index in [0.717, 1.165) is 0 Å². The Morgan fingerprint density at radius 1 is 1.04 bits per heavy atom. The summed E-state index contributed by atoms with van der Waals surface area (Å²) in [7, 11) is 0. The smallest absolute Gasteiger partial charge is 0.261 e. The van der Waals surface area contributed by atoms with Gasteiger partial charge in [0.05, 0.1) is 0 Å². The van der Waals surface area contributed by atoms with E-state index in [-0.39, 0.29) is 5.78 Å². The zero-order chi connectivity index (χ0) is 18.4. The highest BCUT2D eigenvalue weighted by Gasteiger charge is 2.24. The molecule has 0 saturated heterocycles. The lowest BCUT2D eigenvalue weighted by atomic mass is 10.1. The van der Waals surface area contributed by atoms with Gasteiger partial charge in [0.15, 0.2) is 11.9 Å². The number of nitrogens with two attached hydrogens (primary N) is 1. The van der Waals surface area contributed by atoms with Crippen LogP contribution in [-0.2, 0) is 9.59 Å². The normalized spacial score (nSPS) is 12.7. The first-order valence-corrected chi connectivity index (χ1v) is 7.80. The van der Waals surface area contributed by atoms with E-state index in [2.05, 4.69) is 5.32 Å². The summed E-state index contributed by atoms with van der Waals surface area (Å²) in [5.74, 6) is -0.850. The minimum atomic E-state index is -0.941. The first-order chi connectivity index (χ1) is 11.9. The van der Waals surface area contributed by atoms with Gasteiger partial charge >= 0.3 is 0 Å². The second-order valence-electron chi connectivity index (χ2n) is 5.60. The number of hydrogen-bond acceptors (Lipinski definition) is 4. The fourth-order valence-corrected chi connectivity index (χ4v) is 2.27. The van der Waals surface area contributed by atoms with Gasteiger partial charge in [0.1, 0.15) is 11.8 Å². The van der Waals surface area contributed by atoms with Crippen LogP contribution < -0.4 is 15.8 Å². The van der Waals surface area contributed by atoms with Crippen LogP contribution in [0.3, 0.4) is 0 Å². The van der Waals surface area contributed by atoms with Gasteiger partial charge in [-0.3, -0.25) is 14.4 Å². The number of nitrogens with one attached hydrogen (secondary N) is 1. The molecule has 3 N–H and O–H groups in total. The van der Waals surface area contributed by atoms with Crippen LogP contribution in [0.4, 0.5) is 0 Å². The highest BCUT2D eigenvalue weighted by Crippen LogP contribution is 2.17. The van der Waals surface area contributed by atoms with Crippen molar-refractivity contribution < 1.29 is 19.1 Å². The van der Waals surface area contributed by atoms with Gasteiger partial charge in [0.25, 0.3) is 5.91 Å². The third-order valence-corrected chi connectivity index (χ3v) is 3.63. The number of ether oxygens (including phenoxy) is 1. The van der Waals surface area contributed by atoms with Crippen LogP contribution in [0.25, 0.3) is 0 Å². The number of carbonyl (C=O) groups is 3. The largest absolute Gasteiger partial charge is 0.481 e. The average molecular weight is 340 g/mol. The molecule has 0 aliphatic heterocycles. The van der Waals surface area contributed by atoms with E-state index in [4.69, 9.17) is 10.5 Å². The van der Waals surface area contributed by atoms with Crippen LogP contribution in [0.15, 0.2) is 54.6 Å². The van der Waals surface area contributed by atoms with Crippen molar-refractivity contribution in [3.8, 4) is 5.75 Å². The Kier molecular flexibility index (Phi) is 5.89. The van der Waals surface area contributed by atoms with Crippen molar-refractivity contribution in [2.24, 2.45) is 5.73 Å². The zero-order valence-electron chi connectivity index (χ0n) is 14.1. The van der Waals surface area contributed by atoms with Crippen molar-refractivity contribution >= 4 is 17.6 Å². The Hall–Kier alpha value is -3.15. The number of ketones is 1. The van der Waals surface area contributed by atoms with Gasteiger partial charge < -0.3 is 15.8 Å². The van der Waals surface area contributed by atoms with Crippen molar-refractivity contribution in [1.82, 2.24) is 5.32 Å². The summed E-state index contributed by atoms with van der Waals surface area (Å²) in [6.45, 7) is 3.01. The molecule has 0 radical (unpaired) electrons. The monoisotopic (exact) mass is 340 g/mol. The van der Waals surface area contributed by atoms with E-state index in [0.29, 0.717) is 16.9 Å². The fourth-order valence-electron chi connectivity index (χ4n) is 2.27. The number of amides is 2. The minimum Gasteiger partial charge on any atom is -0.481 e. The Morgan fingerprint density at radius 2 is 1.72 bits per heavy atom. The van der Waals surface area contributed by atoms with Crippen LogP contribution in [0.2, 0.25) is 0 Å². The predicted octanol–water partition coefficient (Wildman–Crippen LogP) is 2.00. The third-order valence-electron chi connectivity index (χ3n) is 3.63. The molecule has 2 atom stereocenters. The molecule has 0 spiro atoms. The maximum Gasteiger partial charge on any atom is 0.261 e. The lowest BCUT2D eigenvalue weighted by molar-refractivity contribution is -0.131. The highest BCUT2D eigenvalue weighted by atomic mass is 16.5. The van der Waals surface area contributed by atoms with Crippen LogP contribution in [0, 0.1) is 0 Å². The van der Waals surface area contributed by atoms with Crippen molar-refractivity contribution in [2.75, 3.05) is 0 Å². The number of primary amides is 1. The van der Waals surface area contributed by atoms with E-state index in [1.54, 1.807) is 61.5 Å². The predicted molar refractivity (Wildman–Crippen MR) is 93.1 cm³/mol. The summed E-state index contributed by atoms with van der Waals surface area (Å²) in [4.78, 5) is 35.4. The molecule has 2 rings (SSSR count). The molecule has 0 aromatic heterocycles. The molecule has 6 nitrogen and oxygen atoms in total. The molecule has 0 aliphatic rings. The number of carbonyl (C=O) groups excluding carboxylic acids is 3. The summed E-state index contributed by atoms with van der Waals surface area (Å²) in [6, 6.07) is 14.3. The molecular weight excluding hydrogens is 320 g/mol. The van der Waals surface area contributed by atoms with E-state index in [1.165, 1.54) is 6.92 Å². The summed E-state index contributed by atoms with van der Waals surface area (Å²) in [5, 5.41) is 2.58. The molecule has 2 aromatic carbocycles. The first kappa shape index (κ1) is 18.2. The number of Topliss-reactive ketones (excluding diaryl/α,β-unsaturated/α-hetero) is 1. The SMILES string of the molecule is CC(=O)c1cccc(O[C@@H](C)C(=O)N[C@@H](C(N)=O)c2ccccc2)c1. The molecule has 0 saturated carbocycles. The van der Waals surface area contributed by atoms with Gasteiger partial charge in [-0.15, -0.1) is 0 Å². The minimum absolute atomic E-state index is 0.0968. The molecule has 130 valence electrons. The Balaban J connectivity index is 2.07. The molecular formula is C19H20N2O4. The lowest BCUT2D eigenvalue weighted by Gasteiger charge is -2.20. The molecule has 0 aliphatic carbocycles. The molecule has 2 amide bonds. The standard InChI is InChI=1S/C19H20N2O4/c1-12(22)15-9-6-10-16(11-15)25-13(2)19(24)21-17(18(20)23)14-7-4-3-5-8-14/h3-11,13,17H,1-2H3,(H2,20,23)(H,21,24)/t13-,17+/m0/s1. The molecule has 25 heavy (non-hydrogen) atoms. The molecule has 0 bridgehead atoms. The highest BCUT2D eigenvalue weighted by molar-refractivity contribution is 5.94. The van der Waals surface area contributed by atoms with Gasteiger partial charge in [-0.05, 0) is 31.5 Å². The summed E-state index contributed by atoms with van der Waals surface area (Å²) >= 11 is 0. The summed E-state index contributed by atoms with van der Waals surface area (Å²) < 4.78 is 5.57. The Bertz CT molecular complexity index is 774. The van der Waals surface area contributed by atoms with Crippen molar-refractivity contribution in [2.45, 2.75) is 26.0 Å². The topological polar surface area (TPSA) is 98.5 Å². The van der Waals surface area contributed by atoms with Crippen LogP contribution in [0.5, 0.6) is 5.75 Å². The van der Waals surface area contributed by atoms with Crippen molar-refractivity contribution in [3.05, 3.63) is 65.7 Å². The second kappa shape index (κ2) is 8.10. The van der Waals surface area contributed by atoms with Gasteiger partial charge in [0.2, 0.25) is 5.91 Å². The van der Waals surface area contributed by atoms with Crippen LogP contribution >= 0.6 is 0 Å². The van der Waals surface area contributed by atoms with E-state index in [1.807, 2.05) is 0 Å². The summed E-state index contributed by atoms with van der Waals surface area (Å²) in [5.41, 5.74) is 6.47. The number of hydrogen-bond donors (Lipinski definition) is 2. The van der Waals surface area contributed by atoms with E-state index >= 15 is 0 Å². The van der Waals surface area contributed by atoms with Crippen molar-refractivity contribution in [1.29, 1.82) is 0 Å². The molecule has 0 fully saturated rings. The van der Waals surface area contributed by atoms with Crippen LogP contribution in [-0.4, -0.2) is 23.7 Å². The molecule has 0 unspecified atom stereocenters. The van der Waals surface area contributed by atoms with Crippen molar-refractivity contribution in [3.63, 3.8) is 0 Å². The van der Waals surface area contributed by atoms with E-state index in [9.17, 15) is 14.4 Å².